The molecule has 1 atom stereocenters. The van der Waals surface area contributed by atoms with Crippen LogP contribution in [-0.4, -0.2) is 59.5 Å². The third kappa shape index (κ3) is 4.40. The first-order valence-electron chi connectivity index (χ1n) is 10.2. The number of nitrogens with one attached hydrogen (secondary N) is 3. The molecule has 4 rings (SSSR count). The van der Waals surface area contributed by atoms with Crippen molar-refractivity contribution in [2.24, 2.45) is 0 Å². The number of carbonyl (C=O) groups is 4. The summed E-state index contributed by atoms with van der Waals surface area (Å²) >= 11 is 0. The predicted molar refractivity (Wildman–Crippen MR) is 118 cm³/mol. The van der Waals surface area contributed by atoms with E-state index in [1.165, 1.54) is 11.8 Å². The molecule has 166 valence electrons. The van der Waals surface area contributed by atoms with Gasteiger partial charge in [0.2, 0.25) is 11.8 Å². The molecule has 2 aliphatic rings. The van der Waals surface area contributed by atoms with Crippen LogP contribution < -0.4 is 21.0 Å². The van der Waals surface area contributed by atoms with Crippen LogP contribution in [0.2, 0.25) is 0 Å². The number of anilines is 3. The zero-order valence-corrected chi connectivity index (χ0v) is 17.8. The first-order chi connectivity index (χ1) is 15.3. The molecule has 32 heavy (non-hydrogen) atoms. The van der Waals surface area contributed by atoms with E-state index in [0.29, 0.717) is 24.5 Å². The molecule has 2 heterocycles. The number of hydrogen-bond donors (Lipinski definition) is 3. The molecule has 10 nitrogen and oxygen atoms in total. The summed E-state index contributed by atoms with van der Waals surface area (Å²) in [6.07, 6.45) is -0.557. The predicted octanol–water partition coefficient (Wildman–Crippen LogP) is 0.871. The lowest BCUT2D eigenvalue weighted by Crippen LogP contribution is -2.68. The summed E-state index contributed by atoms with van der Waals surface area (Å²) in [4.78, 5) is 52.4. The fourth-order valence-electron chi connectivity index (χ4n) is 3.76. The van der Waals surface area contributed by atoms with Gasteiger partial charge in [0.05, 0.1) is 0 Å². The van der Waals surface area contributed by atoms with E-state index in [4.69, 9.17) is 0 Å². The average Bonchev–Trinajstić information content (AvgIpc) is 3.16. The topological polar surface area (TPSA) is 114 Å². The lowest BCUT2D eigenvalue weighted by Gasteiger charge is -2.40. The van der Waals surface area contributed by atoms with Crippen LogP contribution in [0.15, 0.2) is 48.5 Å². The second-order valence-electron chi connectivity index (χ2n) is 7.73. The van der Waals surface area contributed by atoms with E-state index in [-0.39, 0.29) is 12.5 Å². The third-order valence-electron chi connectivity index (χ3n) is 5.27. The van der Waals surface area contributed by atoms with Crippen molar-refractivity contribution in [1.82, 2.24) is 15.3 Å². The summed E-state index contributed by atoms with van der Waals surface area (Å²) in [5, 5.41) is 6.37. The minimum Gasteiger partial charge on any atom is -0.336 e. The Hall–Kier alpha value is -3.92. The van der Waals surface area contributed by atoms with Gasteiger partial charge in [0.15, 0.2) is 6.29 Å². The van der Waals surface area contributed by atoms with E-state index in [0.717, 1.165) is 16.3 Å². The number of nitrogens with zero attached hydrogens (tertiary/aromatic N) is 3. The van der Waals surface area contributed by atoms with Gasteiger partial charge in [-0.05, 0) is 37.3 Å². The molecule has 2 fully saturated rings. The first kappa shape index (κ1) is 21.3. The van der Waals surface area contributed by atoms with Gasteiger partial charge in [-0.1, -0.05) is 23.8 Å². The second-order valence-corrected chi connectivity index (χ2v) is 7.73. The summed E-state index contributed by atoms with van der Waals surface area (Å²) in [6.45, 7) is 4.01. The average molecular weight is 436 g/mol. The van der Waals surface area contributed by atoms with Gasteiger partial charge in [-0.25, -0.2) is 0 Å². The summed E-state index contributed by atoms with van der Waals surface area (Å²) in [5.41, 5.74) is 6.04. The fraction of sp³-hybridized carbons (Fsp3) is 0.273. The molecule has 2 aromatic rings. The molecule has 2 aromatic carbocycles. The zero-order chi connectivity index (χ0) is 22.8. The largest absolute Gasteiger partial charge is 0.336 e. The van der Waals surface area contributed by atoms with Crippen LogP contribution >= 0.6 is 0 Å². The molecule has 0 bridgehead atoms. The monoisotopic (exact) mass is 436 g/mol. The van der Waals surface area contributed by atoms with Crippen LogP contribution in [0.4, 0.5) is 17.1 Å². The van der Waals surface area contributed by atoms with Crippen LogP contribution in [0.25, 0.3) is 0 Å². The lowest BCUT2D eigenvalue weighted by atomic mass is 10.2. The molecule has 10 heteroatoms. The molecule has 2 aliphatic heterocycles. The lowest BCUT2D eigenvalue weighted by molar-refractivity contribution is -0.163. The van der Waals surface area contributed by atoms with Crippen LogP contribution in [0, 0.1) is 6.92 Å². The maximum Gasteiger partial charge on any atom is 0.326 e. The van der Waals surface area contributed by atoms with Gasteiger partial charge in [-0.2, -0.15) is 5.43 Å². The van der Waals surface area contributed by atoms with Crippen LogP contribution in [0.3, 0.4) is 0 Å². The van der Waals surface area contributed by atoms with Crippen molar-refractivity contribution in [3.8, 4) is 0 Å². The Bertz CT molecular complexity index is 1070. The van der Waals surface area contributed by atoms with E-state index < -0.39 is 24.0 Å². The summed E-state index contributed by atoms with van der Waals surface area (Å²) in [5.74, 6) is -2.14. The van der Waals surface area contributed by atoms with Gasteiger partial charge in [-0.3, -0.25) is 29.1 Å². The quantitative estimate of drug-likeness (QED) is 0.600. The Balaban J connectivity index is 1.45. The minimum absolute atomic E-state index is 0.227. The molecule has 0 radical (unpaired) electrons. The van der Waals surface area contributed by atoms with E-state index in [1.807, 2.05) is 36.1 Å². The van der Waals surface area contributed by atoms with Crippen molar-refractivity contribution in [3.63, 3.8) is 0 Å². The summed E-state index contributed by atoms with van der Waals surface area (Å²) < 4.78 is 0. The highest BCUT2D eigenvalue weighted by atomic mass is 16.2. The Labute approximate surface area is 185 Å². The first-order valence-corrected chi connectivity index (χ1v) is 10.2. The molecule has 2 saturated heterocycles. The highest BCUT2D eigenvalue weighted by Gasteiger charge is 2.45. The number of fused-ring (bicyclic) bond motifs is 1. The molecule has 4 amide bonds. The number of aryl methyl sites for hydroxylation is 1. The van der Waals surface area contributed by atoms with Crippen LogP contribution in [0.5, 0.6) is 0 Å². The maximum atomic E-state index is 12.6. The fourth-order valence-corrected chi connectivity index (χ4v) is 3.76. The van der Waals surface area contributed by atoms with Gasteiger partial charge in [-0.15, -0.1) is 0 Å². The number of amides is 4. The third-order valence-corrected chi connectivity index (χ3v) is 5.27. The Morgan fingerprint density at radius 3 is 2.31 bits per heavy atom. The van der Waals surface area contributed by atoms with Gasteiger partial charge < -0.3 is 15.5 Å². The van der Waals surface area contributed by atoms with Crippen molar-refractivity contribution in [2.75, 3.05) is 35.2 Å². The smallest absolute Gasteiger partial charge is 0.326 e. The Morgan fingerprint density at radius 2 is 1.62 bits per heavy atom. The van der Waals surface area contributed by atoms with Crippen LogP contribution in [0.1, 0.15) is 12.5 Å². The minimum atomic E-state index is -0.783. The molecule has 0 spiro atoms. The number of hydrogen-bond acceptors (Lipinski definition) is 6. The van der Waals surface area contributed by atoms with Gasteiger partial charge >= 0.3 is 11.8 Å². The molecule has 0 aliphatic carbocycles. The van der Waals surface area contributed by atoms with E-state index in [1.54, 1.807) is 24.3 Å². The van der Waals surface area contributed by atoms with Crippen molar-refractivity contribution in [2.45, 2.75) is 20.1 Å². The van der Waals surface area contributed by atoms with E-state index in [9.17, 15) is 19.2 Å². The molecule has 1 unspecified atom stereocenters. The number of carbonyl (C=O) groups excluding carboxylic acids is 4. The highest BCUT2D eigenvalue weighted by molar-refractivity contribution is 6.35. The van der Waals surface area contributed by atoms with Crippen molar-refractivity contribution in [3.05, 3.63) is 54.1 Å². The number of rotatable bonds is 5. The molecule has 0 saturated carbocycles. The van der Waals surface area contributed by atoms with Crippen LogP contribution in [-0.2, 0) is 19.2 Å². The number of benzene rings is 2. The normalized spacial score (nSPS) is 17.9. The standard InChI is InChI=1S/C22H24N6O4/c1-14-6-8-18(9-7-14)26-10-11-27-20(31)21(32)28(25-22(26)27)13-19(30)24-17-5-3-4-16(12-17)23-15(2)29/h3-9,12,22,25H,10-11,13H2,1-2H3,(H,23,29)(H,24,30). The summed E-state index contributed by atoms with van der Waals surface area (Å²) in [7, 11) is 0. The van der Waals surface area contributed by atoms with Gasteiger partial charge in [0.1, 0.15) is 6.54 Å². The zero-order valence-electron chi connectivity index (χ0n) is 17.8. The molecular weight excluding hydrogens is 412 g/mol. The van der Waals surface area contributed by atoms with Crippen molar-refractivity contribution < 1.29 is 19.2 Å². The van der Waals surface area contributed by atoms with Gasteiger partial charge in [0, 0.05) is 37.1 Å². The highest BCUT2D eigenvalue weighted by Crippen LogP contribution is 2.25. The Morgan fingerprint density at radius 1 is 0.969 bits per heavy atom. The maximum absolute atomic E-state index is 12.6. The van der Waals surface area contributed by atoms with Gasteiger partial charge in [0.25, 0.3) is 0 Å². The van der Waals surface area contributed by atoms with Crippen molar-refractivity contribution >= 4 is 40.7 Å². The van der Waals surface area contributed by atoms with E-state index >= 15 is 0 Å². The number of hydrazine groups is 1. The Kier molecular flexibility index (Phi) is 5.78. The molecule has 3 N–H and O–H groups in total. The SMILES string of the molecule is CC(=O)Nc1cccc(NC(=O)CN2NC3N(CCN3c3ccc(C)cc3)C(=O)C2=O)c1. The van der Waals surface area contributed by atoms with Crippen molar-refractivity contribution in [1.29, 1.82) is 0 Å². The van der Waals surface area contributed by atoms with E-state index in [2.05, 4.69) is 16.1 Å². The molecular formula is C22H24N6O4. The summed E-state index contributed by atoms with van der Waals surface area (Å²) in [6, 6.07) is 14.5. The second kappa shape index (κ2) is 8.67. The molecule has 0 aromatic heterocycles.